The summed E-state index contributed by atoms with van der Waals surface area (Å²) in [5, 5.41) is 0. The van der Waals surface area contributed by atoms with Gasteiger partial charge < -0.3 is 0 Å². The number of unbranched alkanes of at least 4 members (excludes halogenated alkanes) is 2. The SMILES string of the molecule is CCCCCNS(=O)(=O)c1ccccc1-n1cnc2ccccc21. The molecule has 0 unspecified atom stereocenters. The maximum Gasteiger partial charge on any atom is 0.242 e. The van der Waals surface area contributed by atoms with Crippen LogP contribution in [0.25, 0.3) is 16.7 Å². The van der Waals surface area contributed by atoms with E-state index in [9.17, 15) is 8.42 Å². The number of fused-ring (bicyclic) bond motifs is 1. The van der Waals surface area contributed by atoms with Gasteiger partial charge in [-0.05, 0) is 30.7 Å². The fourth-order valence-corrected chi connectivity index (χ4v) is 3.96. The van der Waals surface area contributed by atoms with Crippen molar-refractivity contribution in [3.8, 4) is 5.69 Å². The van der Waals surface area contributed by atoms with Gasteiger partial charge in [0.15, 0.2) is 0 Å². The van der Waals surface area contributed by atoms with E-state index in [0.717, 1.165) is 30.3 Å². The summed E-state index contributed by atoms with van der Waals surface area (Å²) in [5.41, 5.74) is 2.32. The van der Waals surface area contributed by atoms with Crippen molar-refractivity contribution in [3.05, 3.63) is 54.9 Å². The predicted octanol–water partition coefficient (Wildman–Crippen LogP) is 3.49. The molecule has 0 saturated carbocycles. The first-order valence-electron chi connectivity index (χ1n) is 8.14. The van der Waals surface area contributed by atoms with Gasteiger partial charge >= 0.3 is 0 Å². The Balaban J connectivity index is 1.99. The van der Waals surface area contributed by atoms with Crippen molar-refractivity contribution < 1.29 is 8.42 Å². The summed E-state index contributed by atoms with van der Waals surface area (Å²) in [6.07, 6.45) is 4.57. The summed E-state index contributed by atoms with van der Waals surface area (Å²) >= 11 is 0. The highest BCUT2D eigenvalue weighted by Gasteiger charge is 2.19. The minimum absolute atomic E-state index is 0.268. The van der Waals surface area contributed by atoms with Gasteiger partial charge in [0.2, 0.25) is 10.0 Å². The van der Waals surface area contributed by atoms with Crippen molar-refractivity contribution in [1.29, 1.82) is 0 Å². The van der Waals surface area contributed by atoms with Crippen molar-refractivity contribution in [1.82, 2.24) is 14.3 Å². The lowest BCUT2D eigenvalue weighted by Gasteiger charge is -2.12. The highest BCUT2D eigenvalue weighted by molar-refractivity contribution is 7.89. The van der Waals surface area contributed by atoms with Crippen LogP contribution in [0.15, 0.2) is 59.8 Å². The van der Waals surface area contributed by atoms with Gasteiger partial charge in [0.05, 0.1) is 16.7 Å². The Morgan fingerprint density at radius 2 is 1.79 bits per heavy atom. The lowest BCUT2D eigenvalue weighted by Crippen LogP contribution is -2.25. The molecule has 0 fully saturated rings. The molecule has 24 heavy (non-hydrogen) atoms. The van der Waals surface area contributed by atoms with E-state index in [1.165, 1.54) is 0 Å². The van der Waals surface area contributed by atoms with Gasteiger partial charge in [0.25, 0.3) is 0 Å². The number of nitrogens with one attached hydrogen (secondary N) is 1. The minimum Gasteiger partial charge on any atom is -0.297 e. The van der Waals surface area contributed by atoms with Gasteiger partial charge in [-0.1, -0.05) is 44.0 Å². The van der Waals surface area contributed by atoms with Crippen LogP contribution in [0, 0.1) is 0 Å². The molecule has 6 heteroatoms. The van der Waals surface area contributed by atoms with Crippen molar-refractivity contribution in [2.75, 3.05) is 6.54 Å². The van der Waals surface area contributed by atoms with Crippen molar-refractivity contribution in [2.45, 2.75) is 31.1 Å². The third-order valence-electron chi connectivity index (χ3n) is 3.94. The molecule has 0 atom stereocenters. The molecule has 0 amide bonds. The second kappa shape index (κ2) is 7.15. The Bertz CT molecular complexity index is 932. The van der Waals surface area contributed by atoms with Crippen molar-refractivity contribution in [3.63, 3.8) is 0 Å². The van der Waals surface area contributed by atoms with Crippen LogP contribution >= 0.6 is 0 Å². The number of hydrogen-bond acceptors (Lipinski definition) is 3. The third kappa shape index (κ3) is 3.34. The van der Waals surface area contributed by atoms with Gasteiger partial charge in [0.1, 0.15) is 11.2 Å². The molecule has 1 aromatic heterocycles. The second-order valence-electron chi connectivity index (χ2n) is 5.68. The molecule has 0 aliphatic heterocycles. The zero-order valence-corrected chi connectivity index (χ0v) is 14.5. The van der Waals surface area contributed by atoms with Crippen LogP contribution in [0.4, 0.5) is 0 Å². The summed E-state index contributed by atoms with van der Waals surface area (Å²) in [5.74, 6) is 0. The average molecular weight is 343 g/mol. The second-order valence-corrected chi connectivity index (χ2v) is 7.41. The molecule has 0 aliphatic rings. The van der Waals surface area contributed by atoms with Gasteiger partial charge in [-0.25, -0.2) is 18.1 Å². The smallest absolute Gasteiger partial charge is 0.242 e. The van der Waals surface area contributed by atoms with Crippen molar-refractivity contribution in [2.24, 2.45) is 0 Å². The quantitative estimate of drug-likeness (QED) is 0.668. The number of para-hydroxylation sites is 3. The van der Waals surface area contributed by atoms with Gasteiger partial charge in [-0.2, -0.15) is 0 Å². The fourth-order valence-electron chi connectivity index (χ4n) is 2.69. The average Bonchev–Trinajstić information content (AvgIpc) is 3.03. The molecule has 1 heterocycles. The van der Waals surface area contributed by atoms with Crippen LogP contribution < -0.4 is 4.72 Å². The van der Waals surface area contributed by atoms with E-state index in [1.54, 1.807) is 24.5 Å². The molecule has 2 aromatic carbocycles. The number of rotatable bonds is 7. The minimum atomic E-state index is -3.56. The normalized spacial score (nSPS) is 11.9. The number of nitrogens with zero attached hydrogens (tertiary/aromatic N) is 2. The molecule has 0 radical (unpaired) electrons. The molecule has 0 spiro atoms. The van der Waals surface area contributed by atoms with E-state index in [2.05, 4.69) is 16.6 Å². The zero-order chi connectivity index (χ0) is 17.0. The fraction of sp³-hybridized carbons (Fsp3) is 0.278. The first-order chi connectivity index (χ1) is 11.6. The maximum atomic E-state index is 12.7. The van der Waals surface area contributed by atoms with Crippen LogP contribution in [-0.2, 0) is 10.0 Å². The number of hydrogen-bond donors (Lipinski definition) is 1. The van der Waals surface area contributed by atoms with Crippen LogP contribution in [0.5, 0.6) is 0 Å². The monoisotopic (exact) mass is 343 g/mol. The maximum absolute atomic E-state index is 12.7. The molecule has 0 saturated heterocycles. The van der Waals surface area contributed by atoms with Crippen LogP contribution in [-0.4, -0.2) is 24.5 Å². The molecule has 126 valence electrons. The Labute approximate surface area is 142 Å². The molecule has 0 aliphatic carbocycles. The molecule has 5 nitrogen and oxygen atoms in total. The van der Waals surface area contributed by atoms with E-state index in [4.69, 9.17) is 0 Å². The van der Waals surface area contributed by atoms with E-state index < -0.39 is 10.0 Å². The highest BCUT2D eigenvalue weighted by atomic mass is 32.2. The lowest BCUT2D eigenvalue weighted by molar-refractivity contribution is 0.575. The molecular weight excluding hydrogens is 322 g/mol. The van der Waals surface area contributed by atoms with E-state index in [-0.39, 0.29) is 4.90 Å². The van der Waals surface area contributed by atoms with Crippen LogP contribution in [0.1, 0.15) is 26.2 Å². The van der Waals surface area contributed by atoms with Crippen molar-refractivity contribution >= 4 is 21.1 Å². The summed E-state index contributed by atoms with van der Waals surface area (Å²) in [6.45, 7) is 2.54. The number of sulfonamides is 1. The van der Waals surface area contributed by atoms with E-state index >= 15 is 0 Å². The lowest BCUT2D eigenvalue weighted by atomic mass is 10.3. The number of aromatic nitrogens is 2. The topological polar surface area (TPSA) is 64.0 Å². The standard InChI is InChI=1S/C18H21N3O2S/c1-2-3-8-13-20-24(22,23)18-12-7-6-11-17(18)21-14-19-15-9-4-5-10-16(15)21/h4-7,9-12,14,20H,2-3,8,13H2,1H3. The highest BCUT2D eigenvalue weighted by Crippen LogP contribution is 2.24. The van der Waals surface area contributed by atoms with Gasteiger partial charge in [-0.15, -0.1) is 0 Å². The van der Waals surface area contributed by atoms with Crippen LogP contribution in [0.3, 0.4) is 0 Å². The first kappa shape index (κ1) is 16.7. The number of benzene rings is 2. The summed E-state index contributed by atoms with van der Waals surface area (Å²) in [7, 11) is -3.56. The molecule has 1 N–H and O–H groups in total. The van der Waals surface area contributed by atoms with E-state index in [0.29, 0.717) is 12.2 Å². The molecule has 0 bridgehead atoms. The first-order valence-corrected chi connectivity index (χ1v) is 9.63. The third-order valence-corrected chi connectivity index (χ3v) is 5.45. The predicted molar refractivity (Wildman–Crippen MR) is 95.8 cm³/mol. The summed E-state index contributed by atoms with van der Waals surface area (Å²) in [6, 6.07) is 14.7. The zero-order valence-electron chi connectivity index (χ0n) is 13.6. The Morgan fingerprint density at radius 3 is 2.62 bits per heavy atom. The Hall–Kier alpha value is -2.18. The van der Waals surface area contributed by atoms with Crippen LogP contribution in [0.2, 0.25) is 0 Å². The van der Waals surface area contributed by atoms with Gasteiger partial charge in [0, 0.05) is 6.54 Å². The largest absolute Gasteiger partial charge is 0.297 e. The van der Waals surface area contributed by atoms with Gasteiger partial charge in [-0.3, -0.25) is 4.57 Å². The number of imidazole rings is 1. The summed E-state index contributed by atoms with van der Waals surface area (Å²) < 4.78 is 29.9. The Morgan fingerprint density at radius 1 is 1.04 bits per heavy atom. The molecular formula is C18H21N3O2S. The Kier molecular flexibility index (Phi) is 4.97. The summed E-state index contributed by atoms with van der Waals surface area (Å²) in [4.78, 5) is 4.62. The molecule has 3 rings (SSSR count). The molecule has 3 aromatic rings. The van der Waals surface area contributed by atoms with E-state index in [1.807, 2.05) is 34.9 Å².